The fourth-order valence-corrected chi connectivity index (χ4v) is 4.70. The standard InChI is InChI=1S/C15H18Br2N2O2/c1-21-14-11(6-10(16)7-12(14)17)15(20)18-13-8-19-4-2-9(13)3-5-19/h6-7,9,13H,2-5,8H2,1H3,(H,18,20). The molecular weight excluding hydrogens is 400 g/mol. The average molecular weight is 418 g/mol. The van der Waals surface area contributed by atoms with Crippen molar-refractivity contribution in [1.82, 2.24) is 10.2 Å². The van der Waals surface area contributed by atoms with Crippen LogP contribution in [0.2, 0.25) is 0 Å². The molecule has 4 nitrogen and oxygen atoms in total. The summed E-state index contributed by atoms with van der Waals surface area (Å²) in [5.41, 5.74) is 0.565. The molecule has 2 bridgehead atoms. The Bertz CT molecular complexity index is 557. The monoisotopic (exact) mass is 416 g/mol. The van der Waals surface area contributed by atoms with Crippen LogP contribution >= 0.6 is 31.9 Å². The summed E-state index contributed by atoms with van der Waals surface area (Å²) in [6, 6.07) is 3.94. The Balaban J connectivity index is 1.79. The number of methoxy groups -OCH3 is 1. The number of carbonyl (C=O) groups is 1. The molecule has 3 aliphatic rings. The Labute approximate surface area is 141 Å². The normalized spacial score (nSPS) is 27.5. The van der Waals surface area contributed by atoms with Crippen molar-refractivity contribution in [2.24, 2.45) is 5.92 Å². The predicted octanol–water partition coefficient (Wildman–Crippen LogP) is 3.04. The van der Waals surface area contributed by atoms with E-state index in [4.69, 9.17) is 4.74 Å². The van der Waals surface area contributed by atoms with Crippen molar-refractivity contribution in [3.05, 3.63) is 26.6 Å². The van der Waals surface area contributed by atoms with Gasteiger partial charge in [0.1, 0.15) is 5.75 Å². The fourth-order valence-electron chi connectivity index (χ4n) is 3.31. The molecule has 3 saturated heterocycles. The summed E-state index contributed by atoms with van der Waals surface area (Å²) < 4.78 is 7.00. The number of nitrogens with one attached hydrogen (secondary N) is 1. The van der Waals surface area contributed by atoms with Gasteiger partial charge in [-0.25, -0.2) is 0 Å². The Morgan fingerprint density at radius 3 is 2.62 bits per heavy atom. The van der Waals surface area contributed by atoms with Gasteiger partial charge in [-0.15, -0.1) is 0 Å². The number of fused-ring (bicyclic) bond motifs is 3. The van der Waals surface area contributed by atoms with Crippen molar-refractivity contribution in [2.45, 2.75) is 18.9 Å². The van der Waals surface area contributed by atoms with E-state index in [1.807, 2.05) is 6.07 Å². The first-order valence-corrected chi connectivity index (χ1v) is 8.73. The van der Waals surface area contributed by atoms with Crippen LogP contribution < -0.4 is 10.1 Å². The molecule has 1 amide bonds. The molecule has 1 aromatic carbocycles. The van der Waals surface area contributed by atoms with Crippen LogP contribution in [0.4, 0.5) is 0 Å². The number of nitrogens with zero attached hydrogens (tertiary/aromatic N) is 1. The maximum absolute atomic E-state index is 12.6. The van der Waals surface area contributed by atoms with Gasteiger partial charge in [-0.1, -0.05) is 15.9 Å². The lowest BCUT2D eigenvalue weighted by Crippen LogP contribution is -2.57. The molecule has 0 radical (unpaired) electrons. The zero-order valence-corrected chi connectivity index (χ0v) is 15.0. The largest absolute Gasteiger partial charge is 0.495 e. The Morgan fingerprint density at radius 2 is 2.05 bits per heavy atom. The van der Waals surface area contributed by atoms with Crippen LogP contribution in [-0.4, -0.2) is 43.6 Å². The zero-order valence-electron chi connectivity index (χ0n) is 11.9. The summed E-state index contributed by atoms with van der Waals surface area (Å²) in [5.74, 6) is 1.13. The van der Waals surface area contributed by atoms with E-state index in [9.17, 15) is 4.79 Å². The minimum absolute atomic E-state index is 0.0624. The lowest BCUT2D eigenvalue weighted by molar-refractivity contribution is 0.0619. The first-order valence-electron chi connectivity index (χ1n) is 7.14. The van der Waals surface area contributed by atoms with Gasteiger partial charge in [-0.05, 0) is 59.9 Å². The molecule has 0 spiro atoms. The van der Waals surface area contributed by atoms with Gasteiger partial charge < -0.3 is 15.0 Å². The lowest BCUT2D eigenvalue weighted by Gasteiger charge is -2.44. The van der Waals surface area contributed by atoms with E-state index < -0.39 is 0 Å². The smallest absolute Gasteiger partial charge is 0.255 e. The average Bonchev–Trinajstić information content (AvgIpc) is 2.47. The van der Waals surface area contributed by atoms with Crippen LogP contribution in [0.15, 0.2) is 21.1 Å². The molecule has 0 aromatic heterocycles. The molecular formula is C15H18Br2N2O2. The van der Waals surface area contributed by atoms with E-state index in [1.165, 1.54) is 25.9 Å². The third-order valence-electron chi connectivity index (χ3n) is 4.43. The summed E-state index contributed by atoms with van der Waals surface area (Å²) in [4.78, 5) is 15.1. The fraction of sp³-hybridized carbons (Fsp3) is 0.533. The van der Waals surface area contributed by atoms with Crippen molar-refractivity contribution in [3.63, 3.8) is 0 Å². The second-order valence-corrected chi connectivity index (χ2v) is 7.46. The Kier molecular flexibility index (Phi) is 4.57. The molecule has 3 fully saturated rings. The highest BCUT2D eigenvalue weighted by Gasteiger charge is 2.35. The molecule has 1 atom stereocenters. The minimum Gasteiger partial charge on any atom is -0.495 e. The van der Waals surface area contributed by atoms with Crippen LogP contribution in [0.1, 0.15) is 23.2 Å². The quantitative estimate of drug-likeness (QED) is 0.821. The van der Waals surface area contributed by atoms with Gasteiger partial charge in [0.25, 0.3) is 5.91 Å². The summed E-state index contributed by atoms with van der Waals surface area (Å²) in [6.07, 6.45) is 2.37. The van der Waals surface area contributed by atoms with Crippen LogP contribution in [0.5, 0.6) is 5.75 Å². The van der Waals surface area contributed by atoms with Crippen molar-refractivity contribution in [2.75, 3.05) is 26.7 Å². The van der Waals surface area contributed by atoms with E-state index in [2.05, 4.69) is 42.1 Å². The van der Waals surface area contributed by atoms with Gasteiger partial charge in [0.05, 0.1) is 17.1 Å². The van der Waals surface area contributed by atoms with Crippen LogP contribution in [-0.2, 0) is 0 Å². The first kappa shape index (κ1) is 15.3. The predicted molar refractivity (Wildman–Crippen MR) is 88.8 cm³/mol. The van der Waals surface area contributed by atoms with Crippen LogP contribution in [0, 0.1) is 5.92 Å². The molecule has 0 saturated carbocycles. The van der Waals surface area contributed by atoms with Crippen molar-refractivity contribution >= 4 is 37.8 Å². The summed E-state index contributed by atoms with van der Waals surface area (Å²) in [5, 5.41) is 3.19. The van der Waals surface area contributed by atoms with Gasteiger partial charge in [-0.2, -0.15) is 0 Å². The third-order valence-corrected chi connectivity index (χ3v) is 5.48. The van der Waals surface area contributed by atoms with E-state index >= 15 is 0 Å². The number of benzene rings is 1. The topological polar surface area (TPSA) is 41.6 Å². The number of ether oxygens (including phenoxy) is 1. The number of piperidine rings is 3. The molecule has 3 heterocycles. The third kappa shape index (κ3) is 3.12. The van der Waals surface area contributed by atoms with Crippen molar-refractivity contribution in [3.8, 4) is 5.75 Å². The summed E-state index contributed by atoms with van der Waals surface area (Å²) >= 11 is 6.87. The molecule has 1 unspecified atom stereocenters. The number of hydrogen-bond donors (Lipinski definition) is 1. The van der Waals surface area contributed by atoms with E-state index in [0.717, 1.165) is 15.5 Å². The summed E-state index contributed by atoms with van der Waals surface area (Å²) in [7, 11) is 1.58. The van der Waals surface area contributed by atoms with Crippen LogP contribution in [0.25, 0.3) is 0 Å². The number of hydrogen-bond acceptors (Lipinski definition) is 3. The van der Waals surface area contributed by atoms with E-state index in [1.54, 1.807) is 13.2 Å². The highest BCUT2D eigenvalue weighted by molar-refractivity contribution is 9.11. The molecule has 6 heteroatoms. The number of rotatable bonds is 3. The van der Waals surface area contributed by atoms with Gasteiger partial charge >= 0.3 is 0 Å². The lowest BCUT2D eigenvalue weighted by atomic mass is 9.84. The first-order chi connectivity index (χ1) is 10.1. The number of carbonyl (C=O) groups excluding carboxylic acids is 1. The van der Waals surface area contributed by atoms with Gasteiger partial charge in [0.2, 0.25) is 0 Å². The highest BCUT2D eigenvalue weighted by Crippen LogP contribution is 2.33. The van der Waals surface area contributed by atoms with Crippen molar-refractivity contribution < 1.29 is 9.53 Å². The van der Waals surface area contributed by atoms with Gasteiger partial charge in [-0.3, -0.25) is 4.79 Å². The maximum atomic E-state index is 12.6. The molecule has 4 rings (SSSR count). The molecule has 114 valence electrons. The van der Waals surface area contributed by atoms with Gasteiger partial charge in [0, 0.05) is 17.1 Å². The molecule has 1 aromatic rings. The Hall–Kier alpha value is -0.590. The summed E-state index contributed by atoms with van der Waals surface area (Å²) in [6.45, 7) is 3.31. The van der Waals surface area contributed by atoms with Crippen molar-refractivity contribution in [1.29, 1.82) is 0 Å². The Morgan fingerprint density at radius 1 is 1.33 bits per heavy atom. The minimum atomic E-state index is -0.0624. The SMILES string of the molecule is COc1c(Br)cc(Br)cc1C(=O)NC1CN2CCC1CC2. The van der Waals surface area contributed by atoms with E-state index in [-0.39, 0.29) is 11.9 Å². The number of halogens is 2. The molecule has 0 aliphatic carbocycles. The van der Waals surface area contributed by atoms with Gasteiger partial charge in [0.15, 0.2) is 0 Å². The van der Waals surface area contributed by atoms with Crippen LogP contribution in [0.3, 0.4) is 0 Å². The zero-order chi connectivity index (χ0) is 15.0. The molecule has 21 heavy (non-hydrogen) atoms. The molecule has 1 N–H and O–H groups in total. The maximum Gasteiger partial charge on any atom is 0.255 e. The second-order valence-electron chi connectivity index (χ2n) is 5.69. The number of amides is 1. The second kappa shape index (κ2) is 6.26. The molecule has 3 aliphatic heterocycles. The van der Waals surface area contributed by atoms with E-state index in [0.29, 0.717) is 17.2 Å². The highest BCUT2D eigenvalue weighted by atomic mass is 79.9.